The summed E-state index contributed by atoms with van der Waals surface area (Å²) in [5.74, 6) is 0. The monoisotopic (exact) mass is 512 g/mol. The maximum atomic E-state index is 2.57. The molecule has 0 atom stereocenters. The molecule has 0 bridgehead atoms. The van der Waals surface area contributed by atoms with Crippen molar-refractivity contribution in [1.29, 1.82) is 0 Å². The van der Waals surface area contributed by atoms with Gasteiger partial charge in [-0.2, -0.15) is 0 Å². The Bertz CT molecular complexity index is 2280. The third-order valence-corrected chi connectivity index (χ3v) is 9.05. The van der Waals surface area contributed by atoms with Gasteiger partial charge in [-0.1, -0.05) is 84.9 Å². The molecule has 6 aromatic carbocycles. The summed E-state index contributed by atoms with van der Waals surface area (Å²) in [5.41, 5.74) is 9.43. The number of hydrogen-bond acceptors (Lipinski definition) is 0. The van der Waals surface area contributed by atoms with E-state index >= 15 is 0 Å². The summed E-state index contributed by atoms with van der Waals surface area (Å²) in [4.78, 5) is 0. The molecular weight excluding hydrogens is 484 g/mol. The van der Waals surface area contributed by atoms with Crippen molar-refractivity contribution < 1.29 is 0 Å². The van der Waals surface area contributed by atoms with E-state index in [1.807, 2.05) is 0 Å². The van der Waals surface area contributed by atoms with Crippen LogP contribution in [0.25, 0.3) is 65.6 Å². The first-order valence-corrected chi connectivity index (χ1v) is 14.4. The second kappa shape index (κ2) is 8.34. The molecular formula is C38H28N2. The Balaban J connectivity index is 1.44. The van der Waals surface area contributed by atoms with Gasteiger partial charge in [-0.05, 0) is 89.2 Å². The van der Waals surface area contributed by atoms with Crippen molar-refractivity contribution >= 4 is 54.3 Å². The molecule has 1 aliphatic rings. The molecule has 0 spiro atoms. The van der Waals surface area contributed by atoms with Crippen LogP contribution in [-0.2, 0) is 12.8 Å². The highest BCUT2D eigenvalue weighted by atomic mass is 15.0. The minimum atomic E-state index is 1.12. The molecule has 40 heavy (non-hydrogen) atoms. The van der Waals surface area contributed by atoms with E-state index in [0.29, 0.717) is 0 Å². The molecule has 0 saturated carbocycles. The van der Waals surface area contributed by atoms with Crippen LogP contribution in [0.5, 0.6) is 0 Å². The lowest BCUT2D eigenvalue weighted by atomic mass is 9.94. The number of benzene rings is 6. The van der Waals surface area contributed by atoms with Gasteiger partial charge in [0.2, 0.25) is 0 Å². The summed E-state index contributed by atoms with van der Waals surface area (Å²) in [6, 6.07) is 44.9. The van der Waals surface area contributed by atoms with Gasteiger partial charge in [0, 0.05) is 33.2 Å². The predicted molar refractivity (Wildman–Crippen MR) is 169 cm³/mol. The number of aryl methyl sites for hydroxylation is 1. The second-order valence-electron chi connectivity index (χ2n) is 11.2. The molecule has 2 heterocycles. The first kappa shape index (κ1) is 22.0. The van der Waals surface area contributed by atoms with Gasteiger partial charge in [-0.25, -0.2) is 0 Å². The number of aromatic nitrogens is 2. The Morgan fingerprint density at radius 1 is 0.450 bits per heavy atom. The lowest BCUT2D eigenvalue weighted by Crippen LogP contribution is -2.06. The minimum absolute atomic E-state index is 1.12. The summed E-state index contributed by atoms with van der Waals surface area (Å²) in [5, 5.41) is 9.19. The van der Waals surface area contributed by atoms with Gasteiger partial charge < -0.3 is 9.13 Å². The molecule has 0 N–H and O–H groups in total. The molecule has 0 aliphatic heterocycles. The molecule has 1 aliphatic carbocycles. The SMILES string of the molecule is c1ccc2cc(-n3c4c(c5c3ccc3c6ccccc6n(-c6ccc7ccccc7c6)c35)CCCC4)ccc2c1. The molecule has 0 radical (unpaired) electrons. The smallest absolute Gasteiger partial charge is 0.0637 e. The fourth-order valence-electron chi connectivity index (χ4n) is 7.28. The molecule has 0 fully saturated rings. The van der Waals surface area contributed by atoms with Crippen molar-refractivity contribution in [3.05, 3.63) is 133 Å². The van der Waals surface area contributed by atoms with Gasteiger partial charge in [0.1, 0.15) is 0 Å². The highest BCUT2D eigenvalue weighted by Crippen LogP contribution is 2.43. The average molecular weight is 513 g/mol. The zero-order chi connectivity index (χ0) is 26.2. The number of hydrogen-bond donors (Lipinski definition) is 0. The molecule has 9 rings (SSSR count). The van der Waals surface area contributed by atoms with Crippen LogP contribution in [0, 0.1) is 0 Å². The van der Waals surface area contributed by atoms with Crippen molar-refractivity contribution in [3.63, 3.8) is 0 Å². The van der Waals surface area contributed by atoms with Gasteiger partial charge in [0.05, 0.1) is 16.6 Å². The van der Waals surface area contributed by atoms with Crippen molar-refractivity contribution in [2.75, 3.05) is 0 Å². The van der Waals surface area contributed by atoms with E-state index in [2.05, 4.69) is 130 Å². The molecule has 2 aromatic heterocycles. The van der Waals surface area contributed by atoms with Gasteiger partial charge >= 0.3 is 0 Å². The van der Waals surface area contributed by atoms with E-state index in [1.165, 1.54) is 89.7 Å². The van der Waals surface area contributed by atoms with Crippen LogP contribution in [0.15, 0.2) is 121 Å². The molecule has 0 saturated heterocycles. The van der Waals surface area contributed by atoms with Crippen LogP contribution < -0.4 is 0 Å². The predicted octanol–water partition coefficient (Wildman–Crippen LogP) is 9.91. The standard InChI is InChI=1S/C38H28N2/c1-3-11-27-23-29(19-17-25(27)9-1)39-35-16-8-6-14-33(35)37-36(39)22-21-32-31-13-5-7-15-34(31)40(38(32)37)30-20-18-26-10-2-4-12-28(26)24-30/h1-5,7,9-13,15,17-24H,6,8,14,16H2. The second-order valence-corrected chi connectivity index (χ2v) is 11.2. The van der Waals surface area contributed by atoms with Crippen molar-refractivity contribution in [3.8, 4) is 11.4 Å². The van der Waals surface area contributed by atoms with Crippen LogP contribution in [-0.4, -0.2) is 9.13 Å². The molecule has 2 nitrogen and oxygen atoms in total. The first-order valence-electron chi connectivity index (χ1n) is 14.4. The van der Waals surface area contributed by atoms with Crippen LogP contribution in [0.2, 0.25) is 0 Å². The minimum Gasteiger partial charge on any atom is -0.313 e. The normalized spacial score (nSPS) is 13.6. The lowest BCUT2D eigenvalue weighted by Gasteiger charge is -2.16. The number of para-hydroxylation sites is 1. The maximum absolute atomic E-state index is 2.57. The van der Waals surface area contributed by atoms with Crippen LogP contribution >= 0.6 is 0 Å². The topological polar surface area (TPSA) is 9.86 Å². The lowest BCUT2D eigenvalue weighted by molar-refractivity contribution is 0.667. The number of nitrogens with zero attached hydrogens (tertiary/aromatic N) is 2. The molecule has 190 valence electrons. The molecule has 2 heteroatoms. The van der Waals surface area contributed by atoms with Gasteiger partial charge in [-0.3, -0.25) is 0 Å². The largest absolute Gasteiger partial charge is 0.313 e. The Labute approximate surface area is 232 Å². The van der Waals surface area contributed by atoms with Gasteiger partial charge in [-0.15, -0.1) is 0 Å². The Kier molecular flexibility index (Phi) is 4.59. The number of fused-ring (bicyclic) bond motifs is 9. The summed E-state index contributed by atoms with van der Waals surface area (Å²) in [7, 11) is 0. The van der Waals surface area contributed by atoms with Crippen molar-refractivity contribution in [2.45, 2.75) is 25.7 Å². The molecule has 8 aromatic rings. The molecule has 0 unspecified atom stereocenters. The Hall–Kier alpha value is -4.82. The van der Waals surface area contributed by atoms with Gasteiger partial charge in [0.15, 0.2) is 0 Å². The van der Waals surface area contributed by atoms with Crippen molar-refractivity contribution in [2.24, 2.45) is 0 Å². The Morgan fingerprint density at radius 2 is 1.07 bits per heavy atom. The fraction of sp³-hybridized carbons (Fsp3) is 0.105. The Morgan fingerprint density at radius 3 is 1.82 bits per heavy atom. The van der Waals surface area contributed by atoms with Crippen LogP contribution in [0.3, 0.4) is 0 Å². The van der Waals surface area contributed by atoms with E-state index in [1.54, 1.807) is 0 Å². The highest BCUT2D eigenvalue weighted by Gasteiger charge is 2.25. The maximum Gasteiger partial charge on any atom is 0.0637 e. The average Bonchev–Trinajstić information content (AvgIpc) is 3.53. The van der Waals surface area contributed by atoms with E-state index < -0.39 is 0 Å². The quantitative estimate of drug-likeness (QED) is 0.218. The summed E-state index contributed by atoms with van der Waals surface area (Å²) >= 11 is 0. The van der Waals surface area contributed by atoms with E-state index in [0.717, 1.165) is 12.8 Å². The van der Waals surface area contributed by atoms with Crippen LogP contribution in [0.1, 0.15) is 24.1 Å². The van der Waals surface area contributed by atoms with Crippen LogP contribution in [0.4, 0.5) is 0 Å². The highest BCUT2D eigenvalue weighted by molar-refractivity contribution is 6.19. The molecule has 0 amide bonds. The van der Waals surface area contributed by atoms with E-state index in [9.17, 15) is 0 Å². The summed E-state index contributed by atoms with van der Waals surface area (Å²) in [6.45, 7) is 0. The van der Waals surface area contributed by atoms with E-state index in [-0.39, 0.29) is 0 Å². The third kappa shape index (κ3) is 3.05. The third-order valence-electron chi connectivity index (χ3n) is 9.05. The fourth-order valence-corrected chi connectivity index (χ4v) is 7.28. The zero-order valence-corrected chi connectivity index (χ0v) is 22.3. The number of rotatable bonds is 2. The van der Waals surface area contributed by atoms with Crippen molar-refractivity contribution in [1.82, 2.24) is 9.13 Å². The zero-order valence-electron chi connectivity index (χ0n) is 22.3. The summed E-state index contributed by atoms with van der Waals surface area (Å²) < 4.78 is 5.09. The van der Waals surface area contributed by atoms with Gasteiger partial charge in [0.25, 0.3) is 0 Å². The first-order chi connectivity index (χ1) is 19.8. The van der Waals surface area contributed by atoms with E-state index in [4.69, 9.17) is 0 Å². The summed E-state index contributed by atoms with van der Waals surface area (Å²) in [6.07, 6.45) is 4.74.